The summed E-state index contributed by atoms with van der Waals surface area (Å²) in [5.41, 5.74) is 2.21. The van der Waals surface area contributed by atoms with E-state index in [-0.39, 0.29) is 41.7 Å². The molecule has 1 heterocycles. The lowest BCUT2D eigenvalue weighted by Crippen LogP contribution is -2.43. The van der Waals surface area contributed by atoms with Crippen molar-refractivity contribution in [3.8, 4) is 11.3 Å². The van der Waals surface area contributed by atoms with Crippen molar-refractivity contribution in [3.63, 3.8) is 0 Å². The van der Waals surface area contributed by atoms with Crippen LogP contribution in [0.4, 0.5) is 13.2 Å². The summed E-state index contributed by atoms with van der Waals surface area (Å²) in [5, 5.41) is 12.3. The van der Waals surface area contributed by atoms with Crippen LogP contribution in [0.5, 0.6) is 0 Å². The molecule has 0 spiro atoms. The Bertz CT molecular complexity index is 1060. The van der Waals surface area contributed by atoms with Crippen molar-refractivity contribution in [2.45, 2.75) is 31.7 Å². The van der Waals surface area contributed by atoms with Gasteiger partial charge in [-0.2, -0.15) is 0 Å². The zero-order valence-corrected chi connectivity index (χ0v) is 15.8. The zero-order chi connectivity index (χ0) is 20.7. The van der Waals surface area contributed by atoms with Crippen LogP contribution < -0.4 is 5.32 Å². The van der Waals surface area contributed by atoms with Gasteiger partial charge in [0.05, 0.1) is 17.8 Å². The molecule has 1 aliphatic carbocycles. The van der Waals surface area contributed by atoms with E-state index in [2.05, 4.69) is 10.3 Å². The summed E-state index contributed by atoms with van der Waals surface area (Å²) in [4.78, 5) is 15.3. The van der Waals surface area contributed by atoms with Crippen LogP contribution in [0.15, 0.2) is 36.4 Å². The summed E-state index contributed by atoms with van der Waals surface area (Å²) in [5.74, 6) is -2.18. The second kappa shape index (κ2) is 7.55. The van der Waals surface area contributed by atoms with Gasteiger partial charge < -0.3 is 15.4 Å². The first-order valence-electron chi connectivity index (χ1n) is 9.55. The number of rotatable bonds is 5. The summed E-state index contributed by atoms with van der Waals surface area (Å²) in [7, 11) is 0. The van der Waals surface area contributed by atoms with E-state index in [1.807, 2.05) is 0 Å². The first-order valence-corrected chi connectivity index (χ1v) is 9.55. The molecular formula is C22H21F3N2O2. The number of nitrogens with one attached hydrogen (secondary N) is 2. The molecule has 0 radical (unpaired) electrons. The summed E-state index contributed by atoms with van der Waals surface area (Å²) >= 11 is 0. The Kier molecular flexibility index (Phi) is 5.08. The molecule has 3 N–H and O–H groups in total. The first-order chi connectivity index (χ1) is 13.9. The van der Waals surface area contributed by atoms with E-state index in [1.54, 1.807) is 19.1 Å². The number of hydrogen-bond acceptors (Lipinski definition) is 2. The molecule has 29 heavy (non-hydrogen) atoms. The van der Waals surface area contributed by atoms with Gasteiger partial charge in [-0.15, -0.1) is 0 Å². The molecule has 2 aromatic carbocycles. The Labute approximate surface area is 165 Å². The number of aromatic nitrogens is 1. The van der Waals surface area contributed by atoms with Gasteiger partial charge in [0.15, 0.2) is 0 Å². The van der Waals surface area contributed by atoms with Gasteiger partial charge in [0.1, 0.15) is 17.5 Å². The Hall–Kier alpha value is -2.80. The number of aromatic amines is 1. The van der Waals surface area contributed by atoms with Gasteiger partial charge >= 0.3 is 0 Å². The molecule has 1 atom stereocenters. The molecule has 1 saturated carbocycles. The standard InChI is InChI=1S/C22H21F3N2O2/c1-11(10-28)26-22(29)14-6-13(7-14)19-17-8-16(24)9-18(25)21(17)27-20(19)12-2-4-15(23)5-3-12/h2-5,8-9,11,13-14,27-28H,6-7,10H2,1H3,(H,26,29)/t11-,13-,14-/m0/s1. The summed E-state index contributed by atoms with van der Waals surface area (Å²) in [6.45, 7) is 1.57. The Balaban J connectivity index is 1.71. The largest absolute Gasteiger partial charge is 0.394 e. The number of amides is 1. The number of halogens is 3. The van der Waals surface area contributed by atoms with Crippen molar-refractivity contribution in [2.75, 3.05) is 6.61 Å². The van der Waals surface area contributed by atoms with E-state index in [9.17, 15) is 18.0 Å². The molecule has 0 bridgehead atoms. The lowest BCUT2D eigenvalue weighted by Gasteiger charge is -2.35. The van der Waals surface area contributed by atoms with Crippen LogP contribution in [0, 0.1) is 23.4 Å². The van der Waals surface area contributed by atoms with Crippen LogP contribution >= 0.6 is 0 Å². The van der Waals surface area contributed by atoms with Crippen LogP contribution in [0.2, 0.25) is 0 Å². The molecule has 1 amide bonds. The second-order valence-corrected chi connectivity index (χ2v) is 7.69. The molecule has 0 aliphatic heterocycles. The zero-order valence-electron chi connectivity index (χ0n) is 15.8. The van der Waals surface area contributed by atoms with Gasteiger partial charge in [0.2, 0.25) is 5.91 Å². The fraction of sp³-hybridized carbons (Fsp3) is 0.318. The first kappa shape index (κ1) is 19.5. The average Bonchev–Trinajstić information content (AvgIpc) is 3.00. The molecule has 1 fully saturated rings. The maximum Gasteiger partial charge on any atom is 0.223 e. The quantitative estimate of drug-likeness (QED) is 0.598. The van der Waals surface area contributed by atoms with E-state index < -0.39 is 11.6 Å². The molecule has 3 aromatic rings. The number of aliphatic hydroxyl groups excluding tert-OH is 1. The fourth-order valence-corrected chi connectivity index (χ4v) is 3.98. The minimum atomic E-state index is -0.694. The van der Waals surface area contributed by atoms with E-state index in [0.717, 1.165) is 11.6 Å². The fourth-order valence-electron chi connectivity index (χ4n) is 3.98. The number of benzene rings is 2. The van der Waals surface area contributed by atoms with Crippen molar-refractivity contribution < 1.29 is 23.1 Å². The minimum absolute atomic E-state index is 0.0646. The van der Waals surface area contributed by atoms with Gasteiger partial charge in [-0.25, -0.2) is 13.2 Å². The van der Waals surface area contributed by atoms with E-state index >= 15 is 0 Å². The SMILES string of the molecule is C[C@@H](CO)NC(=O)[C@H]1C[C@H](c2c(-c3ccc(F)cc3)[nH]c3c(F)cc(F)cc32)C1. The molecule has 7 heteroatoms. The van der Waals surface area contributed by atoms with Gasteiger partial charge in [0, 0.05) is 23.4 Å². The highest BCUT2D eigenvalue weighted by Crippen LogP contribution is 2.48. The molecule has 0 saturated heterocycles. The van der Waals surface area contributed by atoms with Crippen molar-refractivity contribution in [2.24, 2.45) is 5.92 Å². The second-order valence-electron chi connectivity index (χ2n) is 7.69. The van der Waals surface area contributed by atoms with E-state index in [0.29, 0.717) is 29.5 Å². The molecular weight excluding hydrogens is 381 g/mol. The monoisotopic (exact) mass is 402 g/mol. The summed E-state index contributed by atoms with van der Waals surface area (Å²) in [6, 6.07) is 7.59. The molecule has 1 aliphatic rings. The third-order valence-electron chi connectivity index (χ3n) is 5.58. The summed E-state index contributed by atoms with van der Waals surface area (Å²) < 4.78 is 41.6. The number of carbonyl (C=O) groups is 1. The molecule has 0 unspecified atom stereocenters. The van der Waals surface area contributed by atoms with Crippen LogP contribution in [-0.4, -0.2) is 28.6 Å². The topological polar surface area (TPSA) is 65.1 Å². The predicted octanol–water partition coefficient (Wildman–Crippen LogP) is 4.24. The van der Waals surface area contributed by atoms with Gasteiger partial charge in [-0.3, -0.25) is 4.79 Å². The van der Waals surface area contributed by atoms with Crippen molar-refractivity contribution in [1.82, 2.24) is 10.3 Å². The van der Waals surface area contributed by atoms with Crippen LogP contribution in [0.3, 0.4) is 0 Å². The van der Waals surface area contributed by atoms with Gasteiger partial charge in [0.25, 0.3) is 0 Å². The maximum atomic E-state index is 14.4. The number of H-pyrrole nitrogens is 1. The summed E-state index contributed by atoms with van der Waals surface area (Å²) in [6.07, 6.45) is 1.06. The predicted molar refractivity (Wildman–Crippen MR) is 104 cm³/mol. The van der Waals surface area contributed by atoms with Crippen molar-refractivity contribution >= 4 is 16.8 Å². The molecule has 152 valence electrons. The number of carbonyl (C=O) groups excluding carboxylic acids is 1. The number of hydrogen-bond donors (Lipinski definition) is 3. The Morgan fingerprint density at radius 3 is 2.52 bits per heavy atom. The lowest BCUT2D eigenvalue weighted by atomic mass is 9.69. The Morgan fingerprint density at radius 1 is 1.17 bits per heavy atom. The normalized spacial score (nSPS) is 19.8. The molecule has 4 rings (SSSR count). The van der Waals surface area contributed by atoms with Crippen LogP contribution in [-0.2, 0) is 4.79 Å². The van der Waals surface area contributed by atoms with Gasteiger partial charge in [-0.05, 0) is 67.1 Å². The van der Waals surface area contributed by atoms with E-state index in [1.165, 1.54) is 18.2 Å². The molecule has 4 nitrogen and oxygen atoms in total. The molecule has 1 aromatic heterocycles. The average molecular weight is 402 g/mol. The van der Waals surface area contributed by atoms with Crippen LogP contribution in [0.25, 0.3) is 22.2 Å². The third kappa shape index (κ3) is 3.62. The smallest absolute Gasteiger partial charge is 0.223 e. The maximum absolute atomic E-state index is 14.4. The highest BCUT2D eigenvalue weighted by molar-refractivity contribution is 5.92. The van der Waals surface area contributed by atoms with E-state index in [4.69, 9.17) is 5.11 Å². The third-order valence-corrected chi connectivity index (χ3v) is 5.58. The van der Waals surface area contributed by atoms with Crippen molar-refractivity contribution in [1.29, 1.82) is 0 Å². The number of aliphatic hydroxyl groups is 1. The lowest BCUT2D eigenvalue weighted by molar-refractivity contribution is -0.128. The van der Waals surface area contributed by atoms with Gasteiger partial charge in [-0.1, -0.05) is 0 Å². The highest BCUT2D eigenvalue weighted by Gasteiger charge is 2.38. The van der Waals surface area contributed by atoms with Crippen molar-refractivity contribution in [3.05, 3.63) is 59.4 Å². The number of fused-ring (bicyclic) bond motifs is 1. The Morgan fingerprint density at radius 2 is 1.86 bits per heavy atom. The minimum Gasteiger partial charge on any atom is -0.394 e. The van der Waals surface area contributed by atoms with Crippen LogP contribution in [0.1, 0.15) is 31.2 Å². The highest BCUT2D eigenvalue weighted by atomic mass is 19.1.